The lowest BCUT2D eigenvalue weighted by Gasteiger charge is -2.16. The molecule has 0 spiro atoms. The average Bonchev–Trinajstić information content (AvgIpc) is 3.14. The lowest BCUT2D eigenvalue weighted by molar-refractivity contribution is -0.147. The van der Waals surface area contributed by atoms with Crippen molar-refractivity contribution in [3.05, 3.63) is 87.9 Å². The zero-order valence-electron chi connectivity index (χ0n) is 16.6. The Bertz CT molecular complexity index is 1310. The average molecular weight is 495 g/mol. The summed E-state index contributed by atoms with van der Waals surface area (Å²) >= 11 is 12.1. The number of amides is 1. The van der Waals surface area contributed by atoms with Crippen LogP contribution >= 0.6 is 23.2 Å². The Balaban J connectivity index is 1.77. The number of alkyl halides is 3. The van der Waals surface area contributed by atoms with Crippen LogP contribution in [0.5, 0.6) is 0 Å². The summed E-state index contributed by atoms with van der Waals surface area (Å²) in [6, 6.07) is 11.9. The number of nitrogens with zero attached hydrogens (tertiary/aromatic N) is 3. The molecule has 0 saturated heterocycles. The summed E-state index contributed by atoms with van der Waals surface area (Å²) in [6.45, 7) is -0.426. The molecule has 0 bridgehead atoms. The second kappa shape index (κ2) is 9.01. The van der Waals surface area contributed by atoms with Gasteiger partial charge >= 0.3 is 6.18 Å². The number of benzene rings is 2. The van der Waals surface area contributed by atoms with Gasteiger partial charge in [-0.3, -0.25) is 9.78 Å². The lowest BCUT2D eigenvalue weighted by atomic mass is 10.1. The van der Waals surface area contributed by atoms with Gasteiger partial charge in [0.1, 0.15) is 5.52 Å². The number of aliphatic hydroxyl groups is 1. The van der Waals surface area contributed by atoms with Gasteiger partial charge in [0, 0.05) is 18.0 Å². The van der Waals surface area contributed by atoms with Crippen LogP contribution in [0.4, 0.5) is 18.9 Å². The molecule has 4 rings (SSSR count). The summed E-state index contributed by atoms with van der Waals surface area (Å²) in [6.07, 6.45) is -3.21. The zero-order valence-corrected chi connectivity index (χ0v) is 18.2. The van der Waals surface area contributed by atoms with Crippen LogP contribution in [0.3, 0.4) is 0 Å². The minimum Gasteiger partial charge on any atom is -0.386 e. The van der Waals surface area contributed by atoms with Gasteiger partial charge in [0.05, 0.1) is 39.5 Å². The fraction of sp³-hybridized carbons (Fsp3) is 0.136. The van der Waals surface area contributed by atoms with Gasteiger partial charge in [0.15, 0.2) is 0 Å². The number of aliphatic hydroxyl groups excluding tert-OH is 1. The third-order valence-corrected chi connectivity index (χ3v) is 5.53. The fourth-order valence-electron chi connectivity index (χ4n) is 3.40. The molecule has 6 nitrogen and oxygen atoms in total. The second-order valence-corrected chi connectivity index (χ2v) is 7.88. The number of hydrogen-bond donors (Lipinski definition) is 2. The van der Waals surface area contributed by atoms with Gasteiger partial charge in [-0.1, -0.05) is 41.4 Å². The van der Waals surface area contributed by atoms with E-state index in [9.17, 15) is 23.1 Å². The largest absolute Gasteiger partial charge is 0.449 e. The van der Waals surface area contributed by atoms with Crippen LogP contribution in [0.15, 0.2) is 60.9 Å². The molecule has 0 aliphatic rings. The molecule has 2 aromatic carbocycles. The van der Waals surface area contributed by atoms with Crippen molar-refractivity contribution in [1.29, 1.82) is 0 Å². The first-order valence-corrected chi connectivity index (χ1v) is 10.3. The second-order valence-electron chi connectivity index (χ2n) is 7.07. The third-order valence-electron chi connectivity index (χ3n) is 4.90. The van der Waals surface area contributed by atoms with Crippen molar-refractivity contribution in [3.63, 3.8) is 0 Å². The van der Waals surface area contributed by atoms with E-state index in [1.54, 1.807) is 18.2 Å². The van der Waals surface area contributed by atoms with Crippen molar-refractivity contribution in [1.82, 2.24) is 14.5 Å². The van der Waals surface area contributed by atoms with Crippen LogP contribution in [-0.4, -0.2) is 25.5 Å². The maximum atomic E-state index is 13.8. The topological polar surface area (TPSA) is 80.0 Å². The SMILES string of the molecule is O=C(Nc1cccc2c1nc(C(F)(F)F)n2CC(O)c1cccnc1)c1c(Cl)cccc1Cl. The van der Waals surface area contributed by atoms with Crippen LogP contribution in [0.2, 0.25) is 10.0 Å². The van der Waals surface area contributed by atoms with Crippen LogP contribution in [0, 0.1) is 0 Å². The number of anilines is 1. The van der Waals surface area contributed by atoms with Gasteiger partial charge < -0.3 is 15.0 Å². The Hall–Kier alpha value is -3.14. The monoisotopic (exact) mass is 494 g/mol. The van der Waals surface area contributed by atoms with Crippen molar-refractivity contribution in [2.75, 3.05) is 5.32 Å². The molecular formula is C22H15Cl2F3N4O2. The van der Waals surface area contributed by atoms with E-state index >= 15 is 0 Å². The standard InChI is InChI=1S/C22H15Cl2F3N4O2/c23-13-5-1-6-14(24)18(13)20(33)29-15-7-2-8-16-19(15)30-21(22(25,26)27)31(16)11-17(32)12-4-3-9-28-10-12/h1-10,17,32H,11H2,(H,29,33). The van der Waals surface area contributed by atoms with Crippen LogP contribution in [0.1, 0.15) is 27.8 Å². The van der Waals surface area contributed by atoms with E-state index in [0.717, 1.165) is 4.57 Å². The predicted molar refractivity (Wildman–Crippen MR) is 118 cm³/mol. The number of pyridine rings is 1. The number of carbonyl (C=O) groups excluding carboxylic acids is 1. The highest BCUT2D eigenvalue weighted by Crippen LogP contribution is 2.35. The van der Waals surface area contributed by atoms with E-state index in [1.165, 1.54) is 42.7 Å². The van der Waals surface area contributed by atoms with Gasteiger partial charge in [-0.05, 0) is 30.3 Å². The quantitative estimate of drug-likeness (QED) is 0.370. The highest BCUT2D eigenvalue weighted by molar-refractivity contribution is 6.40. The molecule has 0 aliphatic heterocycles. The van der Waals surface area contributed by atoms with Gasteiger partial charge in [0.25, 0.3) is 5.91 Å². The zero-order chi connectivity index (χ0) is 23.8. The Morgan fingerprint density at radius 1 is 1.09 bits per heavy atom. The molecule has 0 aliphatic carbocycles. The fourth-order valence-corrected chi connectivity index (χ4v) is 3.97. The Morgan fingerprint density at radius 3 is 2.42 bits per heavy atom. The molecule has 4 aromatic rings. The Morgan fingerprint density at radius 2 is 1.79 bits per heavy atom. The highest BCUT2D eigenvalue weighted by atomic mass is 35.5. The molecular weight excluding hydrogens is 480 g/mol. The third kappa shape index (κ3) is 4.66. The van der Waals surface area contributed by atoms with Crippen LogP contribution in [0.25, 0.3) is 11.0 Å². The number of halogens is 5. The number of rotatable bonds is 5. The molecule has 2 N–H and O–H groups in total. The molecule has 1 unspecified atom stereocenters. The highest BCUT2D eigenvalue weighted by Gasteiger charge is 2.38. The number of hydrogen-bond acceptors (Lipinski definition) is 4. The molecule has 11 heteroatoms. The van der Waals surface area contributed by atoms with E-state index in [2.05, 4.69) is 15.3 Å². The van der Waals surface area contributed by atoms with Crippen molar-refractivity contribution in [2.45, 2.75) is 18.8 Å². The first kappa shape index (κ1) is 23.0. The van der Waals surface area contributed by atoms with E-state index in [4.69, 9.17) is 23.2 Å². The first-order valence-electron chi connectivity index (χ1n) is 9.56. The summed E-state index contributed by atoms with van der Waals surface area (Å²) in [5.41, 5.74) is 0.354. The Kier molecular flexibility index (Phi) is 6.29. The van der Waals surface area contributed by atoms with Crippen LogP contribution < -0.4 is 5.32 Å². The van der Waals surface area contributed by atoms with Gasteiger partial charge in [-0.2, -0.15) is 13.2 Å². The number of para-hydroxylation sites is 1. The predicted octanol–water partition coefficient (Wildman–Crippen LogP) is 5.74. The van der Waals surface area contributed by atoms with Crippen molar-refractivity contribution < 1.29 is 23.1 Å². The van der Waals surface area contributed by atoms with Gasteiger partial charge in [-0.25, -0.2) is 4.98 Å². The Labute approximate surface area is 195 Å². The van der Waals surface area contributed by atoms with Gasteiger partial charge in [-0.15, -0.1) is 0 Å². The van der Waals surface area contributed by atoms with Crippen molar-refractivity contribution >= 4 is 45.8 Å². The van der Waals surface area contributed by atoms with E-state index in [-0.39, 0.29) is 32.3 Å². The molecule has 0 fully saturated rings. The number of aromatic nitrogens is 3. The molecule has 33 heavy (non-hydrogen) atoms. The smallest absolute Gasteiger partial charge is 0.386 e. The van der Waals surface area contributed by atoms with Crippen LogP contribution in [-0.2, 0) is 12.7 Å². The molecule has 0 saturated carbocycles. The summed E-state index contributed by atoms with van der Waals surface area (Å²) in [5, 5.41) is 13.2. The maximum Gasteiger partial charge on any atom is 0.449 e. The molecule has 1 atom stereocenters. The van der Waals surface area contributed by atoms with E-state index in [0.29, 0.717) is 5.56 Å². The van der Waals surface area contributed by atoms with E-state index in [1.807, 2.05) is 0 Å². The molecule has 2 aromatic heterocycles. The molecule has 170 valence electrons. The number of imidazole rings is 1. The molecule has 1 amide bonds. The number of carbonyl (C=O) groups is 1. The lowest BCUT2D eigenvalue weighted by Crippen LogP contribution is -2.18. The van der Waals surface area contributed by atoms with E-state index < -0.39 is 30.6 Å². The first-order chi connectivity index (χ1) is 15.7. The summed E-state index contributed by atoms with van der Waals surface area (Å²) < 4.78 is 42.3. The summed E-state index contributed by atoms with van der Waals surface area (Å²) in [4.78, 5) is 20.4. The maximum absolute atomic E-state index is 13.8. The molecule has 0 radical (unpaired) electrons. The minimum absolute atomic E-state index is 0.0136. The number of fused-ring (bicyclic) bond motifs is 1. The van der Waals surface area contributed by atoms with Gasteiger partial charge in [0.2, 0.25) is 5.82 Å². The summed E-state index contributed by atoms with van der Waals surface area (Å²) in [7, 11) is 0. The van der Waals surface area contributed by atoms with Crippen molar-refractivity contribution in [2.24, 2.45) is 0 Å². The minimum atomic E-state index is -4.80. The number of nitrogens with one attached hydrogen (secondary N) is 1. The van der Waals surface area contributed by atoms with Crippen molar-refractivity contribution in [3.8, 4) is 0 Å². The molecule has 2 heterocycles. The summed E-state index contributed by atoms with van der Waals surface area (Å²) in [5.74, 6) is -1.91. The normalized spacial score (nSPS) is 12.7.